The van der Waals surface area contributed by atoms with Crippen LogP contribution in [0.15, 0.2) is 126 Å². The van der Waals surface area contributed by atoms with Gasteiger partial charge in [0.1, 0.15) is 30.7 Å². The van der Waals surface area contributed by atoms with Crippen LogP contribution in [0.5, 0.6) is 0 Å². The molecule has 1 saturated heterocycles. The quantitative estimate of drug-likeness (QED) is 0.0118. The summed E-state index contributed by atoms with van der Waals surface area (Å²) in [6.07, 6.45) is 40.9. The highest BCUT2D eigenvalue weighted by Crippen LogP contribution is 2.60. The van der Waals surface area contributed by atoms with E-state index in [0.29, 0.717) is 32.1 Å². The number of ether oxygens (including phenoxy) is 3. The van der Waals surface area contributed by atoms with Gasteiger partial charge in [-0.1, -0.05) is 142 Å². The monoisotopic (exact) mass is 1060 g/mol. The largest absolute Gasteiger partial charge is 0.481 e. The number of hydrogen-bond donors (Lipinski definition) is 6. The average Bonchev–Trinajstić information content (AvgIpc) is 3.62. The topological polar surface area (TPSA) is 286 Å². The van der Waals surface area contributed by atoms with Crippen LogP contribution < -0.4 is 11.4 Å². The number of carbonyl (C=O) groups is 2. The van der Waals surface area contributed by atoms with Gasteiger partial charge < -0.3 is 45.1 Å². The molecule has 0 aromatic carbocycles. The van der Waals surface area contributed by atoms with E-state index in [1.54, 1.807) is 6.08 Å². The number of unbranched alkanes of at least 4 members (excludes halogenated alkanes) is 5. The van der Waals surface area contributed by atoms with Crippen molar-refractivity contribution >= 4 is 33.4 Å². The molecule has 19 nitrogen and oxygen atoms in total. The first kappa shape index (κ1) is 64.5. The lowest BCUT2D eigenvalue weighted by Gasteiger charge is -2.21. The highest BCUT2D eigenvalue weighted by atomic mass is 31.3. The molecule has 408 valence electrons. The third kappa shape index (κ3) is 31.7. The molecule has 0 radical (unpaired) electrons. The fourth-order valence-electron chi connectivity index (χ4n) is 6.61. The maximum absolute atomic E-state index is 12.9. The van der Waals surface area contributed by atoms with Crippen LogP contribution in [0, 0.1) is 0 Å². The van der Waals surface area contributed by atoms with Crippen molar-refractivity contribution in [2.75, 3.05) is 25.6 Å². The van der Waals surface area contributed by atoms with Crippen LogP contribution >= 0.6 is 15.6 Å². The zero-order chi connectivity index (χ0) is 53.6. The van der Waals surface area contributed by atoms with Crippen LogP contribution in [0.3, 0.4) is 0 Å². The molecule has 7 N–H and O–H groups in total. The molecule has 2 heterocycles. The van der Waals surface area contributed by atoms with Crippen LogP contribution in [-0.4, -0.2) is 96.9 Å². The van der Waals surface area contributed by atoms with E-state index < -0.39 is 89.8 Å². The molecule has 21 heteroatoms. The summed E-state index contributed by atoms with van der Waals surface area (Å²) in [6, 6.07) is 1.24. The van der Waals surface area contributed by atoms with Crippen LogP contribution in [0.25, 0.3) is 0 Å². The van der Waals surface area contributed by atoms with Crippen molar-refractivity contribution < 1.29 is 71.4 Å². The van der Waals surface area contributed by atoms with Gasteiger partial charge in [0, 0.05) is 19.0 Å². The van der Waals surface area contributed by atoms with Crippen LogP contribution in [0.1, 0.15) is 129 Å². The maximum Gasteiger partial charge on any atom is 0.481 e. The lowest BCUT2D eigenvalue weighted by molar-refractivity contribution is -0.161. The average molecular weight is 1060 g/mol. The molecule has 0 saturated carbocycles. The summed E-state index contributed by atoms with van der Waals surface area (Å²) in [5.41, 5.74) is 4.57. The minimum absolute atomic E-state index is 0.0192. The highest BCUT2D eigenvalue weighted by molar-refractivity contribution is 7.61. The second-order valence-corrected chi connectivity index (χ2v) is 19.8. The van der Waals surface area contributed by atoms with Gasteiger partial charge in [-0.3, -0.25) is 23.2 Å². The summed E-state index contributed by atoms with van der Waals surface area (Å²) in [4.78, 5) is 61.9. The number of nitrogens with two attached hydrogens (primary N) is 1. The third-order valence-electron chi connectivity index (χ3n) is 10.4. The maximum atomic E-state index is 12.9. The van der Waals surface area contributed by atoms with Crippen molar-refractivity contribution in [2.45, 2.75) is 160 Å². The summed E-state index contributed by atoms with van der Waals surface area (Å²) in [6.45, 7) is 1.71. The zero-order valence-electron chi connectivity index (χ0n) is 42.2. The fourth-order valence-corrected chi connectivity index (χ4v) is 8.72. The van der Waals surface area contributed by atoms with E-state index in [4.69, 9.17) is 29.0 Å². The Kier molecular flexibility index (Phi) is 34.4. The number of carbonyl (C=O) groups excluding carboxylic acids is 2. The third-order valence-corrected chi connectivity index (χ3v) is 13.0. The molecular formula is C52H79N3O16P2. The lowest BCUT2D eigenvalue weighted by atomic mass is 10.1. The molecule has 1 aliphatic heterocycles. The van der Waals surface area contributed by atoms with Gasteiger partial charge in [-0.05, 0) is 83.1 Å². The highest BCUT2D eigenvalue weighted by Gasteiger charge is 2.46. The first-order chi connectivity index (χ1) is 35.1. The smallest absolute Gasteiger partial charge is 0.462 e. The number of allylic oxidation sites excluding steroid dienone is 16. The van der Waals surface area contributed by atoms with E-state index in [2.05, 4.69) is 64.8 Å². The molecule has 1 aliphatic rings. The number of phosphoric acid groups is 2. The minimum Gasteiger partial charge on any atom is -0.462 e. The summed E-state index contributed by atoms with van der Waals surface area (Å²) in [7, 11) is -10.9. The predicted octanol–water partition coefficient (Wildman–Crippen LogP) is 9.19. The minimum atomic E-state index is -5.46. The molecule has 2 rings (SSSR count). The van der Waals surface area contributed by atoms with Crippen molar-refractivity contribution in [3.05, 3.63) is 132 Å². The number of esters is 2. The first-order valence-corrected chi connectivity index (χ1v) is 28.0. The van der Waals surface area contributed by atoms with E-state index >= 15 is 0 Å². The van der Waals surface area contributed by atoms with Gasteiger partial charge in [0.05, 0.1) is 19.3 Å². The lowest BCUT2D eigenvalue weighted by Crippen LogP contribution is -2.36. The van der Waals surface area contributed by atoms with E-state index in [-0.39, 0.29) is 18.7 Å². The van der Waals surface area contributed by atoms with E-state index in [0.717, 1.165) is 75.0 Å². The molecule has 0 spiro atoms. The SMILES string of the molecule is CC/C=C\C/C=C\C/C=C\C/C=C\C/C=C\C/C=C\CCC(=O)OC[C@H](COP(=O)(O)OP(=O)(O)OC[C@H]1O[C@@H](n2ccc(N)nc2=O)[C@H](O)[C@@H]1O)OC(=O)CCCCCCC/C=C/C=C/C(O)C/C=C/CC. The van der Waals surface area contributed by atoms with Gasteiger partial charge in [0.15, 0.2) is 12.3 Å². The second-order valence-electron chi connectivity index (χ2n) is 16.7. The van der Waals surface area contributed by atoms with Gasteiger partial charge in [0.2, 0.25) is 0 Å². The number of hydrogen-bond acceptors (Lipinski definition) is 16. The van der Waals surface area contributed by atoms with Crippen molar-refractivity contribution in [3.63, 3.8) is 0 Å². The Morgan fingerprint density at radius 2 is 1.30 bits per heavy atom. The second kappa shape index (κ2) is 38.9. The van der Waals surface area contributed by atoms with Crippen molar-refractivity contribution in [3.8, 4) is 0 Å². The number of aromatic nitrogens is 2. The van der Waals surface area contributed by atoms with Gasteiger partial charge >= 0.3 is 33.3 Å². The number of phosphoric ester groups is 2. The first-order valence-electron chi connectivity index (χ1n) is 25.0. The molecule has 0 bridgehead atoms. The van der Waals surface area contributed by atoms with Crippen LogP contribution in [0.4, 0.5) is 5.82 Å². The molecule has 3 unspecified atom stereocenters. The molecule has 73 heavy (non-hydrogen) atoms. The van der Waals surface area contributed by atoms with Gasteiger partial charge in [-0.2, -0.15) is 9.29 Å². The molecular weight excluding hydrogens is 985 g/mol. The van der Waals surface area contributed by atoms with Crippen molar-refractivity contribution in [1.82, 2.24) is 9.55 Å². The molecule has 0 amide bonds. The summed E-state index contributed by atoms with van der Waals surface area (Å²) in [5, 5.41) is 30.8. The van der Waals surface area contributed by atoms with Gasteiger partial charge in [-0.25, -0.2) is 13.9 Å². The Morgan fingerprint density at radius 3 is 1.93 bits per heavy atom. The Labute approximate surface area is 430 Å². The number of aliphatic hydroxyl groups excluding tert-OH is 3. The molecule has 0 aliphatic carbocycles. The van der Waals surface area contributed by atoms with Crippen molar-refractivity contribution in [1.29, 1.82) is 0 Å². The summed E-state index contributed by atoms with van der Waals surface area (Å²) >= 11 is 0. The normalized spacial score (nSPS) is 20.3. The summed E-state index contributed by atoms with van der Waals surface area (Å²) in [5.74, 6) is -1.47. The summed E-state index contributed by atoms with van der Waals surface area (Å²) < 4.78 is 56.6. The number of nitrogens with zero attached hydrogens (tertiary/aromatic N) is 2. The molecule has 1 fully saturated rings. The van der Waals surface area contributed by atoms with Crippen LogP contribution in [-0.2, 0) is 46.3 Å². The van der Waals surface area contributed by atoms with Crippen LogP contribution in [0.2, 0.25) is 0 Å². The Hall–Kier alpha value is -4.62. The van der Waals surface area contributed by atoms with Crippen molar-refractivity contribution in [2.24, 2.45) is 0 Å². The zero-order valence-corrected chi connectivity index (χ0v) is 44.0. The Bertz CT molecular complexity index is 2170. The predicted molar refractivity (Wildman–Crippen MR) is 280 cm³/mol. The Balaban J connectivity index is 1.86. The van der Waals surface area contributed by atoms with E-state index in [9.17, 15) is 48.6 Å². The van der Waals surface area contributed by atoms with Gasteiger partial charge in [0.25, 0.3) is 0 Å². The molecule has 8 atom stereocenters. The number of anilines is 1. The van der Waals surface area contributed by atoms with Gasteiger partial charge in [-0.15, -0.1) is 0 Å². The number of nitrogen functional groups attached to an aromatic ring is 1. The van der Waals surface area contributed by atoms with E-state index in [1.807, 2.05) is 61.6 Å². The fraction of sp³-hybridized carbons (Fsp3) is 0.538. The Morgan fingerprint density at radius 1 is 0.726 bits per heavy atom. The van der Waals surface area contributed by atoms with E-state index in [1.165, 1.54) is 6.07 Å². The number of aliphatic hydroxyl groups is 3. The molecule has 1 aromatic heterocycles. The molecule has 1 aromatic rings. The number of rotatable bonds is 39. The standard InChI is InChI=1S/C52H79N3O16P2/c1-3-5-7-8-9-10-11-12-13-14-15-16-17-18-19-22-25-28-32-36-47(57)66-40-44(69-48(58)37-33-29-26-23-20-21-24-27-31-35-43(56)34-30-6-4-2)41-67-72(62,63)71-73(64,65)68-42-45-49(59)50(60)51(70-45)55-39-38-46(53)54-52(55)61/h5-7,9-10,12-13,15-16,18-19,24-25,27-28,30-31,35,38-39,43-45,49-51,56,59-60H,3-4,8,11,14,17,20-23,26,29,32-34,36-37,40-42H2,1-2H3,(H,62,63)(H,64,65)(H2,53,54,61)/b7-5-,10-9-,13-12-,16-15-,19-18-,27-24+,28-25-,30-6+,35-31+/t43?,44-,45-,49-,50-,51-/m1/s1.